The number of anilines is 1. The topological polar surface area (TPSA) is 106 Å². The lowest BCUT2D eigenvalue weighted by Crippen LogP contribution is -2.18. The van der Waals surface area contributed by atoms with Gasteiger partial charge in [0.2, 0.25) is 20.0 Å². The van der Waals surface area contributed by atoms with E-state index in [0.717, 1.165) is 18.2 Å². The minimum absolute atomic E-state index is 0.120. The van der Waals surface area contributed by atoms with Crippen LogP contribution in [0.15, 0.2) is 23.1 Å². The third kappa shape index (κ3) is 5.13. The Balaban J connectivity index is 3.06. The number of hydrogen-bond acceptors (Lipinski definition) is 4. The van der Waals surface area contributed by atoms with E-state index in [4.69, 9.17) is 5.14 Å². The quantitative estimate of drug-likeness (QED) is 0.818. The fraction of sp³-hybridized carbons (Fsp3) is 0.400. The van der Waals surface area contributed by atoms with Gasteiger partial charge in [0.15, 0.2) is 0 Å². The molecule has 0 atom stereocenters. The van der Waals surface area contributed by atoms with Gasteiger partial charge in [-0.25, -0.2) is 26.4 Å². The fourth-order valence-corrected chi connectivity index (χ4v) is 3.17. The molecule has 0 aliphatic heterocycles. The molecule has 0 heterocycles. The van der Waals surface area contributed by atoms with Gasteiger partial charge in [-0.15, -0.1) is 0 Å². The molecule has 1 aromatic rings. The second kappa shape index (κ2) is 5.85. The predicted octanol–water partition coefficient (Wildman–Crippen LogP) is 1.01. The zero-order chi connectivity index (χ0) is 14.7. The van der Waals surface area contributed by atoms with E-state index in [1.807, 2.05) is 6.92 Å². The smallest absolute Gasteiger partial charge is 0.238 e. The van der Waals surface area contributed by atoms with Crippen LogP contribution in [0.3, 0.4) is 0 Å². The van der Waals surface area contributed by atoms with Gasteiger partial charge in [-0.2, -0.15) is 0 Å². The van der Waals surface area contributed by atoms with Crippen LogP contribution in [0.1, 0.15) is 19.8 Å². The molecule has 6 nitrogen and oxygen atoms in total. The molecule has 0 bridgehead atoms. The second-order valence-electron chi connectivity index (χ2n) is 4.00. The Labute approximate surface area is 111 Å². The van der Waals surface area contributed by atoms with Crippen LogP contribution in [-0.2, 0) is 20.0 Å². The molecule has 0 saturated carbocycles. The Bertz CT molecular complexity index is 656. The van der Waals surface area contributed by atoms with Crippen LogP contribution in [0.5, 0.6) is 0 Å². The van der Waals surface area contributed by atoms with Gasteiger partial charge in [0.05, 0.1) is 16.3 Å². The summed E-state index contributed by atoms with van der Waals surface area (Å²) in [5.74, 6) is -1.01. The van der Waals surface area contributed by atoms with E-state index in [0.29, 0.717) is 12.8 Å². The summed E-state index contributed by atoms with van der Waals surface area (Å²) in [7, 11) is -7.72. The van der Waals surface area contributed by atoms with Crippen molar-refractivity contribution in [1.82, 2.24) is 0 Å². The highest BCUT2D eigenvalue weighted by molar-refractivity contribution is 7.92. The standard InChI is InChI=1S/C10H15FN2O4S2/c1-2-3-4-18(14,15)13-9-5-8(11)6-10(7-9)19(12,16)17/h5-7,13H,2-4H2,1H3,(H2,12,16,17). The summed E-state index contributed by atoms with van der Waals surface area (Å²) in [6.07, 6.45) is 1.14. The monoisotopic (exact) mass is 310 g/mol. The molecule has 9 heteroatoms. The van der Waals surface area contributed by atoms with Crippen molar-refractivity contribution in [1.29, 1.82) is 0 Å². The van der Waals surface area contributed by atoms with Crippen LogP contribution < -0.4 is 9.86 Å². The number of halogens is 1. The summed E-state index contributed by atoms with van der Waals surface area (Å²) in [5.41, 5.74) is -0.167. The fourth-order valence-electron chi connectivity index (χ4n) is 1.35. The van der Waals surface area contributed by atoms with Crippen LogP contribution in [0.4, 0.5) is 10.1 Å². The summed E-state index contributed by atoms with van der Waals surface area (Å²) in [4.78, 5) is -0.485. The molecule has 108 valence electrons. The van der Waals surface area contributed by atoms with Crippen molar-refractivity contribution in [3.63, 3.8) is 0 Å². The molecule has 0 fully saturated rings. The Morgan fingerprint density at radius 2 is 1.84 bits per heavy atom. The molecule has 0 aliphatic rings. The SMILES string of the molecule is CCCCS(=O)(=O)Nc1cc(F)cc(S(N)(=O)=O)c1. The van der Waals surface area contributed by atoms with Gasteiger partial charge in [-0.1, -0.05) is 13.3 Å². The summed E-state index contributed by atoms with van der Waals surface area (Å²) < 4.78 is 60.8. The second-order valence-corrected chi connectivity index (χ2v) is 7.40. The average molecular weight is 310 g/mol. The highest BCUT2D eigenvalue weighted by Gasteiger charge is 2.14. The number of hydrogen-bond donors (Lipinski definition) is 2. The zero-order valence-electron chi connectivity index (χ0n) is 10.3. The normalized spacial score (nSPS) is 12.4. The highest BCUT2D eigenvalue weighted by Crippen LogP contribution is 2.18. The van der Waals surface area contributed by atoms with Crippen LogP contribution in [-0.4, -0.2) is 22.6 Å². The van der Waals surface area contributed by atoms with E-state index < -0.39 is 30.8 Å². The molecule has 0 radical (unpaired) electrons. The number of benzene rings is 1. The maximum Gasteiger partial charge on any atom is 0.238 e. The van der Waals surface area contributed by atoms with Gasteiger partial charge < -0.3 is 0 Å². The van der Waals surface area contributed by atoms with Crippen molar-refractivity contribution in [3.05, 3.63) is 24.0 Å². The maximum absolute atomic E-state index is 13.2. The van der Waals surface area contributed by atoms with Gasteiger partial charge in [0.1, 0.15) is 5.82 Å². The molecule has 3 N–H and O–H groups in total. The van der Waals surface area contributed by atoms with E-state index in [1.165, 1.54) is 0 Å². The molecule has 19 heavy (non-hydrogen) atoms. The van der Waals surface area contributed by atoms with E-state index in [-0.39, 0.29) is 11.4 Å². The highest BCUT2D eigenvalue weighted by atomic mass is 32.2. The third-order valence-electron chi connectivity index (χ3n) is 2.24. The number of sulfonamides is 2. The zero-order valence-corrected chi connectivity index (χ0v) is 11.9. The maximum atomic E-state index is 13.2. The summed E-state index contributed by atoms with van der Waals surface area (Å²) in [6.45, 7) is 1.83. The lowest BCUT2D eigenvalue weighted by Gasteiger charge is -2.09. The Morgan fingerprint density at radius 1 is 1.21 bits per heavy atom. The van der Waals surface area contributed by atoms with E-state index in [9.17, 15) is 21.2 Å². The first-order valence-electron chi connectivity index (χ1n) is 5.48. The van der Waals surface area contributed by atoms with Crippen molar-refractivity contribution in [2.24, 2.45) is 5.14 Å². The molecule has 0 aromatic heterocycles. The third-order valence-corrected chi connectivity index (χ3v) is 4.51. The first-order valence-corrected chi connectivity index (χ1v) is 8.68. The lowest BCUT2D eigenvalue weighted by molar-refractivity contribution is 0.591. The van der Waals surface area contributed by atoms with E-state index >= 15 is 0 Å². The number of nitrogens with one attached hydrogen (secondary N) is 1. The molecule has 1 aromatic carbocycles. The number of unbranched alkanes of at least 4 members (excludes halogenated alkanes) is 1. The first kappa shape index (κ1) is 15.9. The van der Waals surface area contributed by atoms with Gasteiger partial charge in [0.25, 0.3) is 0 Å². The minimum atomic E-state index is -4.10. The molecular formula is C10H15FN2O4S2. The first-order chi connectivity index (χ1) is 8.64. The van der Waals surface area contributed by atoms with Crippen LogP contribution >= 0.6 is 0 Å². The largest absolute Gasteiger partial charge is 0.283 e. The minimum Gasteiger partial charge on any atom is -0.283 e. The van der Waals surface area contributed by atoms with Crippen LogP contribution in [0, 0.1) is 5.82 Å². The number of primary sulfonamides is 1. The van der Waals surface area contributed by atoms with Gasteiger partial charge in [0, 0.05) is 0 Å². The summed E-state index contributed by atoms with van der Waals surface area (Å²) in [5, 5.41) is 4.87. The molecule has 1 rings (SSSR count). The average Bonchev–Trinajstić information content (AvgIpc) is 2.23. The van der Waals surface area contributed by atoms with Crippen molar-refractivity contribution in [2.45, 2.75) is 24.7 Å². The van der Waals surface area contributed by atoms with Crippen molar-refractivity contribution in [2.75, 3.05) is 10.5 Å². The number of rotatable bonds is 6. The molecule has 0 spiro atoms. The van der Waals surface area contributed by atoms with Gasteiger partial charge >= 0.3 is 0 Å². The van der Waals surface area contributed by atoms with Crippen molar-refractivity contribution >= 4 is 25.7 Å². The van der Waals surface area contributed by atoms with Crippen molar-refractivity contribution < 1.29 is 21.2 Å². The van der Waals surface area contributed by atoms with Gasteiger partial charge in [-0.05, 0) is 24.6 Å². The lowest BCUT2D eigenvalue weighted by atomic mass is 10.3. The van der Waals surface area contributed by atoms with E-state index in [1.54, 1.807) is 0 Å². The van der Waals surface area contributed by atoms with Crippen LogP contribution in [0.25, 0.3) is 0 Å². The predicted molar refractivity (Wildman–Crippen MR) is 70.1 cm³/mol. The number of nitrogens with two attached hydrogens (primary N) is 1. The van der Waals surface area contributed by atoms with Gasteiger partial charge in [-0.3, -0.25) is 4.72 Å². The molecule has 0 saturated heterocycles. The Kier molecular flexibility index (Phi) is 4.88. The Morgan fingerprint density at radius 3 is 2.37 bits per heavy atom. The van der Waals surface area contributed by atoms with Crippen LogP contribution in [0.2, 0.25) is 0 Å². The Hall–Kier alpha value is -1.19. The summed E-state index contributed by atoms with van der Waals surface area (Å²) >= 11 is 0. The van der Waals surface area contributed by atoms with Crippen molar-refractivity contribution in [3.8, 4) is 0 Å². The molecule has 0 amide bonds. The molecular weight excluding hydrogens is 295 g/mol. The molecule has 0 aliphatic carbocycles. The summed E-state index contributed by atoms with van der Waals surface area (Å²) in [6, 6.07) is 2.58. The molecule has 0 unspecified atom stereocenters. The van der Waals surface area contributed by atoms with E-state index in [2.05, 4.69) is 4.72 Å².